The number of aromatic nitrogens is 1. The Labute approximate surface area is 160 Å². The zero-order chi connectivity index (χ0) is 17.5. The maximum atomic E-state index is 5.43. The summed E-state index contributed by atoms with van der Waals surface area (Å²) >= 11 is 0. The molecule has 0 bridgehead atoms. The van der Waals surface area contributed by atoms with Crippen molar-refractivity contribution in [3.8, 4) is 11.5 Å². The van der Waals surface area contributed by atoms with Crippen molar-refractivity contribution in [3.63, 3.8) is 0 Å². The van der Waals surface area contributed by atoms with E-state index in [1.54, 1.807) is 14.2 Å². The molecule has 1 N–H and O–H groups in total. The fraction of sp³-hybridized carbons (Fsp3) is 0.421. The molecule has 1 aromatic carbocycles. The van der Waals surface area contributed by atoms with Gasteiger partial charge in [0.1, 0.15) is 17.3 Å². The van der Waals surface area contributed by atoms with Gasteiger partial charge in [-0.2, -0.15) is 0 Å². The minimum absolute atomic E-state index is 0. The average Bonchev–Trinajstić information content (AvgIpc) is 2.69. The van der Waals surface area contributed by atoms with E-state index in [9.17, 15) is 0 Å². The van der Waals surface area contributed by atoms with Gasteiger partial charge in [-0.15, -0.1) is 12.4 Å². The van der Waals surface area contributed by atoms with E-state index >= 15 is 0 Å². The van der Waals surface area contributed by atoms with Crippen molar-refractivity contribution in [2.45, 2.75) is 13.1 Å². The molecule has 142 valence electrons. The van der Waals surface area contributed by atoms with Crippen LogP contribution in [0.15, 0.2) is 36.5 Å². The van der Waals surface area contributed by atoms with Crippen molar-refractivity contribution in [2.24, 2.45) is 0 Å². The number of hydrogen-bond acceptors (Lipinski definition) is 6. The molecule has 0 spiro atoms. The van der Waals surface area contributed by atoms with E-state index in [0.717, 1.165) is 67.8 Å². The highest BCUT2D eigenvalue weighted by atomic mass is 35.5. The molecular formula is C19H26ClN3O3. The highest BCUT2D eigenvalue weighted by molar-refractivity contribution is 5.85. The Hall–Kier alpha value is -2.02. The number of rotatable bonds is 7. The fourth-order valence-electron chi connectivity index (χ4n) is 2.84. The van der Waals surface area contributed by atoms with Gasteiger partial charge in [-0.05, 0) is 17.7 Å². The monoisotopic (exact) mass is 379 g/mol. The average molecular weight is 380 g/mol. The van der Waals surface area contributed by atoms with Gasteiger partial charge in [0.2, 0.25) is 0 Å². The molecule has 0 amide bonds. The Morgan fingerprint density at radius 3 is 2.54 bits per heavy atom. The van der Waals surface area contributed by atoms with Crippen LogP contribution < -0.4 is 19.7 Å². The van der Waals surface area contributed by atoms with Crippen LogP contribution in [0.2, 0.25) is 0 Å². The van der Waals surface area contributed by atoms with Crippen LogP contribution in [-0.2, 0) is 17.8 Å². The third-order valence-electron chi connectivity index (χ3n) is 4.28. The molecule has 1 fully saturated rings. The van der Waals surface area contributed by atoms with E-state index in [2.05, 4.69) is 27.3 Å². The summed E-state index contributed by atoms with van der Waals surface area (Å²) in [5.74, 6) is 2.64. The second kappa shape index (κ2) is 10.2. The van der Waals surface area contributed by atoms with Crippen molar-refractivity contribution in [1.29, 1.82) is 0 Å². The van der Waals surface area contributed by atoms with Crippen molar-refractivity contribution in [1.82, 2.24) is 10.3 Å². The van der Waals surface area contributed by atoms with E-state index in [1.807, 2.05) is 24.4 Å². The van der Waals surface area contributed by atoms with Crippen LogP contribution in [-0.4, -0.2) is 45.5 Å². The third-order valence-corrected chi connectivity index (χ3v) is 4.28. The molecule has 3 rings (SSSR count). The molecule has 7 heteroatoms. The van der Waals surface area contributed by atoms with Gasteiger partial charge in [0, 0.05) is 44.0 Å². The van der Waals surface area contributed by atoms with E-state index in [4.69, 9.17) is 14.2 Å². The van der Waals surface area contributed by atoms with Crippen LogP contribution in [0.1, 0.15) is 11.1 Å². The molecule has 0 aliphatic carbocycles. The van der Waals surface area contributed by atoms with Crippen LogP contribution in [0.3, 0.4) is 0 Å². The van der Waals surface area contributed by atoms with Crippen LogP contribution >= 0.6 is 12.4 Å². The Kier molecular flexibility index (Phi) is 7.97. The molecule has 2 aromatic rings. The van der Waals surface area contributed by atoms with E-state index in [-0.39, 0.29) is 12.4 Å². The van der Waals surface area contributed by atoms with Crippen molar-refractivity contribution >= 4 is 18.2 Å². The number of pyridine rings is 1. The summed E-state index contributed by atoms with van der Waals surface area (Å²) in [7, 11) is 3.33. The Morgan fingerprint density at radius 2 is 1.88 bits per heavy atom. The smallest absolute Gasteiger partial charge is 0.128 e. The number of benzene rings is 1. The van der Waals surface area contributed by atoms with Crippen LogP contribution in [0.25, 0.3) is 0 Å². The predicted octanol–water partition coefficient (Wildman–Crippen LogP) is 2.65. The first-order valence-corrected chi connectivity index (χ1v) is 8.49. The standard InChI is InChI=1S/C19H25N3O3.ClH/c1-23-17-5-4-16(18(11-17)24-2)14-20-12-15-3-6-19(21-13-15)22-7-9-25-10-8-22;/h3-6,11,13,20H,7-10,12,14H2,1-2H3;1H. The van der Waals surface area contributed by atoms with Crippen molar-refractivity contribution in [2.75, 3.05) is 45.4 Å². The van der Waals surface area contributed by atoms with Gasteiger partial charge in [-0.3, -0.25) is 0 Å². The second-order valence-corrected chi connectivity index (χ2v) is 5.91. The maximum Gasteiger partial charge on any atom is 0.128 e. The lowest BCUT2D eigenvalue weighted by Gasteiger charge is -2.27. The number of nitrogens with zero attached hydrogens (tertiary/aromatic N) is 2. The Morgan fingerprint density at radius 1 is 1.08 bits per heavy atom. The van der Waals surface area contributed by atoms with Crippen molar-refractivity contribution < 1.29 is 14.2 Å². The molecular weight excluding hydrogens is 354 g/mol. The predicted molar refractivity (Wildman–Crippen MR) is 105 cm³/mol. The molecule has 1 aliphatic rings. The van der Waals surface area contributed by atoms with Gasteiger partial charge < -0.3 is 24.4 Å². The summed E-state index contributed by atoms with van der Waals surface area (Å²) in [4.78, 5) is 6.83. The number of hydrogen-bond donors (Lipinski definition) is 1. The van der Waals surface area contributed by atoms with E-state index in [0.29, 0.717) is 0 Å². The molecule has 2 heterocycles. The van der Waals surface area contributed by atoms with E-state index in [1.165, 1.54) is 0 Å². The zero-order valence-corrected chi connectivity index (χ0v) is 16.1. The maximum absolute atomic E-state index is 5.43. The summed E-state index contributed by atoms with van der Waals surface area (Å²) in [6.45, 7) is 4.83. The molecule has 0 unspecified atom stereocenters. The Balaban J connectivity index is 0.00000243. The summed E-state index contributed by atoms with van der Waals surface area (Å²) < 4.78 is 16.0. The second-order valence-electron chi connectivity index (χ2n) is 5.91. The summed E-state index contributed by atoms with van der Waals surface area (Å²) in [6, 6.07) is 10.1. The lowest BCUT2D eigenvalue weighted by Crippen LogP contribution is -2.36. The summed E-state index contributed by atoms with van der Waals surface area (Å²) in [5.41, 5.74) is 2.26. The van der Waals surface area contributed by atoms with Crippen LogP contribution in [0, 0.1) is 0 Å². The van der Waals surface area contributed by atoms with Crippen LogP contribution in [0.5, 0.6) is 11.5 Å². The van der Waals surface area contributed by atoms with Gasteiger partial charge in [0.05, 0.1) is 27.4 Å². The number of nitrogens with one attached hydrogen (secondary N) is 1. The number of anilines is 1. The summed E-state index contributed by atoms with van der Waals surface area (Å²) in [5, 5.41) is 3.43. The molecule has 6 nitrogen and oxygen atoms in total. The van der Waals surface area contributed by atoms with Gasteiger partial charge in [-0.1, -0.05) is 12.1 Å². The van der Waals surface area contributed by atoms with Gasteiger partial charge in [0.15, 0.2) is 0 Å². The molecule has 1 saturated heterocycles. The summed E-state index contributed by atoms with van der Waals surface area (Å²) in [6.07, 6.45) is 1.93. The normalized spacial score (nSPS) is 13.8. The van der Waals surface area contributed by atoms with Gasteiger partial charge in [0.25, 0.3) is 0 Å². The van der Waals surface area contributed by atoms with Crippen LogP contribution in [0.4, 0.5) is 5.82 Å². The first-order valence-electron chi connectivity index (χ1n) is 8.49. The SMILES string of the molecule is COc1ccc(CNCc2ccc(N3CCOCC3)nc2)c(OC)c1.Cl. The number of morpholine rings is 1. The minimum Gasteiger partial charge on any atom is -0.497 e. The lowest BCUT2D eigenvalue weighted by molar-refractivity contribution is 0.122. The quantitative estimate of drug-likeness (QED) is 0.798. The first kappa shape index (κ1) is 20.3. The highest BCUT2D eigenvalue weighted by Gasteiger charge is 2.12. The largest absolute Gasteiger partial charge is 0.497 e. The van der Waals surface area contributed by atoms with Gasteiger partial charge >= 0.3 is 0 Å². The molecule has 0 atom stereocenters. The van der Waals surface area contributed by atoms with Gasteiger partial charge in [-0.25, -0.2) is 4.98 Å². The molecule has 0 saturated carbocycles. The lowest BCUT2D eigenvalue weighted by atomic mass is 10.2. The third kappa shape index (κ3) is 5.24. The van der Waals surface area contributed by atoms with Crippen molar-refractivity contribution in [3.05, 3.63) is 47.7 Å². The highest BCUT2D eigenvalue weighted by Crippen LogP contribution is 2.24. The molecule has 26 heavy (non-hydrogen) atoms. The topological polar surface area (TPSA) is 55.9 Å². The number of methoxy groups -OCH3 is 2. The van der Waals surface area contributed by atoms with E-state index < -0.39 is 0 Å². The molecule has 0 radical (unpaired) electrons. The Bertz CT molecular complexity index is 676. The molecule has 1 aliphatic heterocycles. The number of halogens is 1. The molecule has 1 aromatic heterocycles. The zero-order valence-electron chi connectivity index (χ0n) is 15.2. The number of ether oxygens (including phenoxy) is 3. The minimum atomic E-state index is 0. The first-order chi connectivity index (χ1) is 12.3. The fourth-order valence-corrected chi connectivity index (χ4v) is 2.84.